The van der Waals surface area contributed by atoms with Crippen molar-refractivity contribution < 1.29 is 5.11 Å². The minimum atomic E-state index is -0.129. The number of piperidine rings is 1. The van der Waals surface area contributed by atoms with Crippen LogP contribution in [0.15, 0.2) is 0 Å². The van der Waals surface area contributed by atoms with Gasteiger partial charge >= 0.3 is 0 Å². The molecule has 2 atom stereocenters. The van der Waals surface area contributed by atoms with Gasteiger partial charge in [-0.2, -0.15) is 0 Å². The zero-order valence-corrected chi connectivity index (χ0v) is 13.9. The molecule has 0 spiro atoms. The number of likely N-dealkylation sites (tertiary alicyclic amines) is 1. The van der Waals surface area contributed by atoms with E-state index in [4.69, 9.17) is 0 Å². The summed E-state index contributed by atoms with van der Waals surface area (Å²) in [4.78, 5) is 4.91. The summed E-state index contributed by atoms with van der Waals surface area (Å²) in [5.41, 5.74) is 0.108. The van der Waals surface area contributed by atoms with Crippen LogP contribution < -0.4 is 0 Å². The van der Waals surface area contributed by atoms with Gasteiger partial charge in [0.1, 0.15) is 0 Å². The molecule has 3 nitrogen and oxygen atoms in total. The van der Waals surface area contributed by atoms with Crippen molar-refractivity contribution in [1.29, 1.82) is 0 Å². The molecule has 1 aliphatic heterocycles. The van der Waals surface area contributed by atoms with Gasteiger partial charge in [-0.05, 0) is 70.1 Å². The highest BCUT2D eigenvalue weighted by Gasteiger charge is 2.38. The Morgan fingerprint density at radius 2 is 1.80 bits per heavy atom. The van der Waals surface area contributed by atoms with Crippen LogP contribution in [0.5, 0.6) is 0 Å². The third-order valence-corrected chi connectivity index (χ3v) is 5.60. The van der Waals surface area contributed by atoms with Crippen molar-refractivity contribution in [1.82, 2.24) is 9.80 Å². The monoisotopic (exact) mass is 282 g/mol. The van der Waals surface area contributed by atoms with E-state index in [1.165, 1.54) is 51.7 Å². The first-order chi connectivity index (χ1) is 9.38. The Balaban J connectivity index is 1.77. The molecule has 0 bridgehead atoms. The van der Waals surface area contributed by atoms with Crippen LogP contribution in [-0.2, 0) is 0 Å². The zero-order valence-electron chi connectivity index (χ0n) is 13.9. The molecule has 2 fully saturated rings. The molecule has 1 aliphatic carbocycles. The maximum atomic E-state index is 10.6. The molecule has 0 amide bonds. The summed E-state index contributed by atoms with van der Waals surface area (Å²) in [5, 5.41) is 10.6. The maximum absolute atomic E-state index is 10.6. The number of hydrogen-bond acceptors (Lipinski definition) is 3. The Morgan fingerprint density at radius 3 is 2.45 bits per heavy atom. The predicted molar refractivity (Wildman–Crippen MR) is 84.8 cm³/mol. The lowest BCUT2D eigenvalue weighted by Crippen LogP contribution is -2.45. The number of rotatable bonds is 4. The Kier molecular flexibility index (Phi) is 5.49. The molecule has 2 rings (SSSR count). The Labute approximate surface area is 125 Å². The largest absolute Gasteiger partial charge is 0.392 e. The van der Waals surface area contributed by atoms with E-state index in [1.54, 1.807) is 0 Å². The first kappa shape index (κ1) is 16.3. The first-order valence-electron chi connectivity index (χ1n) is 8.43. The standard InChI is InChI=1S/C17H34N2O/c1-17(2)9-5-6-15(16(17)20)13-19(4)12-14-7-10-18(3)11-8-14/h14-16,20H,5-13H2,1-4H3. The van der Waals surface area contributed by atoms with E-state index in [0.717, 1.165) is 12.5 Å². The van der Waals surface area contributed by atoms with Crippen molar-refractivity contribution in [2.75, 3.05) is 40.3 Å². The van der Waals surface area contributed by atoms with Gasteiger partial charge in [0, 0.05) is 13.1 Å². The lowest BCUT2D eigenvalue weighted by atomic mass is 9.69. The molecular formula is C17H34N2O. The summed E-state index contributed by atoms with van der Waals surface area (Å²) in [7, 11) is 4.47. The molecule has 1 N–H and O–H groups in total. The number of hydrogen-bond donors (Lipinski definition) is 1. The molecule has 1 saturated heterocycles. The summed E-state index contributed by atoms with van der Waals surface area (Å²) in [5.74, 6) is 1.32. The summed E-state index contributed by atoms with van der Waals surface area (Å²) in [6, 6.07) is 0. The van der Waals surface area contributed by atoms with Crippen molar-refractivity contribution in [2.24, 2.45) is 17.3 Å². The lowest BCUT2D eigenvalue weighted by molar-refractivity contribution is -0.0422. The van der Waals surface area contributed by atoms with Gasteiger partial charge in [0.05, 0.1) is 6.10 Å². The second-order valence-electron chi connectivity index (χ2n) is 8.05. The summed E-state index contributed by atoms with van der Waals surface area (Å²) < 4.78 is 0. The normalized spacial score (nSPS) is 32.7. The van der Waals surface area contributed by atoms with Crippen LogP contribution >= 0.6 is 0 Å². The third-order valence-electron chi connectivity index (χ3n) is 5.60. The van der Waals surface area contributed by atoms with Crippen LogP contribution in [-0.4, -0.2) is 61.3 Å². The van der Waals surface area contributed by atoms with Crippen molar-refractivity contribution >= 4 is 0 Å². The van der Waals surface area contributed by atoms with Gasteiger partial charge < -0.3 is 14.9 Å². The molecule has 2 aliphatic rings. The molecule has 2 unspecified atom stereocenters. The quantitative estimate of drug-likeness (QED) is 0.858. The average molecular weight is 282 g/mol. The van der Waals surface area contributed by atoms with E-state index in [1.807, 2.05) is 0 Å². The molecule has 118 valence electrons. The topological polar surface area (TPSA) is 26.7 Å². The Bertz CT molecular complexity index is 297. The van der Waals surface area contributed by atoms with E-state index in [2.05, 4.69) is 37.7 Å². The molecule has 3 heteroatoms. The average Bonchev–Trinajstić information content (AvgIpc) is 2.38. The summed E-state index contributed by atoms with van der Waals surface area (Å²) in [6.45, 7) is 9.21. The van der Waals surface area contributed by atoms with Gasteiger partial charge in [0.25, 0.3) is 0 Å². The van der Waals surface area contributed by atoms with Gasteiger partial charge in [-0.25, -0.2) is 0 Å². The number of aliphatic hydroxyl groups is 1. The van der Waals surface area contributed by atoms with Crippen molar-refractivity contribution in [3.63, 3.8) is 0 Å². The van der Waals surface area contributed by atoms with Gasteiger partial charge in [0.15, 0.2) is 0 Å². The molecular weight excluding hydrogens is 248 g/mol. The molecule has 20 heavy (non-hydrogen) atoms. The lowest BCUT2D eigenvalue weighted by Gasteiger charge is -2.42. The first-order valence-corrected chi connectivity index (χ1v) is 8.43. The van der Waals surface area contributed by atoms with Crippen LogP contribution in [0.3, 0.4) is 0 Å². The van der Waals surface area contributed by atoms with E-state index in [-0.39, 0.29) is 11.5 Å². The highest BCUT2D eigenvalue weighted by molar-refractivity contribution is 4.89. The molecule has 1 heterocycles. The molecule has 0 aromatic rings. The Hall–Kier alpha value is -0.120. The fourth-order valence-electron chi connectivity index (χ4n) is 4.12. The summed E-state index contributed by atoms with van der Waals surface area (Å²) >= 11 is 0. The number of nitrogens with zero attached hydrogens (tertiary/aromatic N) is 2. The second kappa shape index (κ2) is 6.76. The second-order valence-corrected chi connectivity index (χ2v) is 8.05. The van der Waals surface area contributed by atoms with E-state index in [0.29, 0.717) is 5.92 Å². The fraction of sp³-hybridized carbons (Fsp3) is 1.00. The van der Waals surface area contributed by atoms with Gasteiger partial charge in [-0.15, -0.1) is 0 Å². The van der Waals surface area contributed by atoms with Crippen LogP contribution in [0.2, 0.25) is 0 Å². The van der Waals surface area contributed by atoms with Gasteiger partial charge in [-0.3, -0.25) is 0 Å². The van der Waals surface area contributed by atoms with Crippen LogP contribution in [0.1, 0.15) is 46.0 Å². The van der Waals surface area contributed by atoms with Gasteiger partial charge in [0.2, 0.25) is 0 Å². The van der Waals surface area contributed by atoms with Crippen LogP contribution in [0.4, 0.5) is 0 Å². The smallest absolute Gasteiger partial charge is 0.0631 e. The molecule has 0 radical (unpaired) electrons. The minimum absolute atomic E-state index is 0.108. The maximum Gasteiger partial charge on any atom is 0.0631 e. The highest BCUT2D eigenvalue weighted by atomic mass is 16.3. The van der Waals surface area contributed by atoms with Crippen molar-refractivity contribution in [2.45, 2.75) is 52.1 Å². The van der Waals surface area contributed by atoms with Crippen LogP contribution in [0, 0.1) is 17.3 Å². The van der Waals surface area contributed by atoms with E-state index < -0.39 is 0 Å². The van der Waals surface area contributed by atoms with E-state index >= 15 is 0 Å². The predicted octanol–water partition coefficient (Wildman–Crippen LogP) is 2.45. The van der Waals surface area contributed by atoms with Crippen LogP contribution in [0.25, 0.3) is 0 Å². The minimum Gasteiger partial charge on any atom is -0.392 e. The third kappa shape index (κ3) is 4.19. The fourth-order valence-corrected chi connectivity index (χ4v) is 4.12. The summed E-state index contributed by atoms with van der Waals surface area (Å²) in [6.07, 6.45) is 6.18. The zero-order chi connectivity index (χ0) is 14.8. The van der Waals surface area contributed by atoms with Crippen molar-refractivity contribution in [3.8, 4) is 0 Å². The molecule has 1 saturated carbocycles. The van der Waals surface area contributed by atoms with E-state index in [9.17, 15) is 5.11 Å². The SMILES string of the molecule is CN1CCC(CN(C)CC2CCCC(C)(C)C2O)CC1. The molecule has 0 aromatic carbocycles. The Morgan fingerprint density at radius 1 is 1.15 bits per heavy atom. The number of aliphatic hydroxyl groups excluding tert-OH is 1. The van der Waals surface area contributed by atoms with Crippen molar-refractivity contribution in [3.05, 3.63) is 0 Å². The molecule has 0 aromatic heterocycles. The van der Waals surface area contributed by atoms with Gasteiger partial charge in [-0.1, -0.05) is 20.3 Å². The highest BCUT2D eigenvalue weighted by Crippen LogP contribution is 2.39.